The van der Waals surface area contributed by atoms with E-state index in [9.17, 15) is 0 Å². The highest BCUT2D eigenvalue weighted by molar-refractivity contribution is 4.74. The molecule has 65 valence electrons. The molecule has 1 nitrogen and oxygen atoms in total. The van der Waals surface area contributed by atoms with Gasteiger partial charge in [0, 0.05) is 6.04 Å². The van der Waals surface area contributed by atoms with Crippen molar-refractivity contribution in [2.24, 2.45) is 5.92 Å². The minimum absolute atomic E-state index is 0.737. The summed E-state index contributed by atoms with van der Waals surface area (Å²) >= 11 is 0. The number of rotatable bonds is 2. The second-order valence-electron chi connectivity index (χ2n) is 3.86. The Bertz CT molecular complexity index is 101. The van der Waals surface area contributed by atoms with Gasteiger partial charge in [-0.1, -0.05) is 13.3 Å². The molecule has 1 heteroatoms. The standard InChI is InChI=1S/C10H20N/c1-4-10-5-7-11(8-6-10)9(2)3/h9-10H,1,4-8H2,2-3H3. The van der Waals surface area contributed by atoms with Crippen molar-refractivity contribution in [3.05, 3.63) is 6.92 Å². The molecule has 1 radical (unpaired) electrons. The summed E-state index contributed by atoms with van der Waals surface area (Å²) in [6.07, 6.45) is 3.86. The van der Waals surface area contributed by atoms with E-state index in [1.165, 1.54) is 25.9 Å². The van der Waals surface area contributed by atoms with Crippen LogP contribution in [-0.2, 0) is 0 Å². The van der Waals surface area contributed by atoms with E-state index in [-0.39, 0.29) is 0 Å². The molecule has 1 fully saturated rings. The van der Waals surface area contributed by atoms with Crippen LogP contribution in [0.3, 0.4) is 0 Å². The van der Waals surface area contributed by atoms with E-state index in [1.54, 1.807) is 0 Å². The summed E-state index contributed by atoms with van der Waals surface area (Å²) in [5.41, 5.74) is 0. The zero-order valence-electron chi connectivity index (χ0n) is 7.84. The molecule has 0 aromatic carbocycles. The molecule has 0 atom stereocenters. The molecule has 0 spiro atoms. The number of piperidine rings is 1. The highest BCUT2D eigenvalue weighted by Gasteiger charge is 2.18. The second-order valence-corrected chi connectivity index (χ2v) is 3.86. The van der Waals surface area contributed by atoms with Crippen LogP contribution in [-0.4, -0.2) is 24.0 Å². The van der Waals surface area contributed by atoms with Crippen LogP contribution in [0.15, 0.2) is 0 Å². The van der Waals surface area contributed by atoms with Crippen molar-refractivity contribution >= 4 is 0 Å². The van der Waals surface area contributed by atoms with Gasteiger partial charge in [-0.2, -0.15) is 0 Å². The average Bonchev–Trinajstić information content (AvgIpc) is 2.05. The van der Waals surface area contributed by atoms with Gasteiger partial charge in [0.15, 0.2) is 0 Å². The Balaban J connectivity index is 2.24. The molecule has 0 aromatic heterocycles. The van der Waals surface area contributed by atoms with Crippen LogP contribution >= 0.6 is 0 Å². The minimum Gasteiger partial charge on any atom is -0.301 e. The first-order valence-corrected chi connectivity index (χ1v) is 4.77. The predicted octanol–water partition coefficient (Wildman–Crippen LogP) is 2.33. The fourth-order valence-corrected chi connectivity index (χ4v) is 1.76. The van der Waals surface area contributed by atoms with Crippen LogP contribution < -0.4 is 0 Å². The fraction of sp³-hybridized carbons (Fsp3) is 0.900. The van der Waals surface area contributed by atoms with Gasteiger partial charge in [0.1, 0.15) is 0 Å². The Morgan fingerprint density at radius 1 is 1.36 bits per heavy atom. The molecule has 0 amide bonds. The van der Waals surface area contributed by atoms with Crippen LogP contribution in [0.4, 0.5) is 0 Å². The zero-order chi connectivity index (χ0) is 8.27. The third kappa shape index (κ3) is 2.48. The minimum atomic E-state index is 0.737. The lowest BCUT2D eigenvalue weighted by atomic mass is 9.94. The highest BCUT2D eigenvalue weighted by atomic mass is 15.1. The maximum atomic E-state index is 3.96. The van der Waals surface area contributed by atoms with E-state index in [0.29, 0.717) is 0 Å². The van der Waals surface area contributed by atoms with Gasteiger partial charge in [0.25, 0.3) is 0 Å². The monoisotopic (exact) mass is 154 g/mol. The second kappa shape index (κ2) is 4.10. The molecule has 1 aliphatic heterocycles. The van der Waals surface area contributed by atoms with Crippen LogP contribution in [0.25, 0.3) is 0 Å². The van der Waals surface area contributed by atoms with Gasteiger partial charge in [-0.25, -0.2) is 0 Å². The summed E-state index contributed by atoms with van der Waals surface area (Å²) < 4.78 is 0. The molecular weight excluding hydrogens is 134 g/mol. The van der Waals surface area contributed by atoms with Crippen molar-refractivity contribution in [1.29, 1.82) is 0 Å². The van der Waals surface area contributed by atoms with Crippen molar-refractivity contribution in [3.8, 4) is 0 Å². The van der Waals surface area contributed by atoms with Gasteiger partial charge in [-0.3, -0.25) is 0 Å². The summed E-state index contributed by atoms with van der Waals surface area (Å²) in [7, 11) is 0. The topological polar surface area (TPSA) is 3.24 Å². The maximum Gasteiger partial charge on any atom is 0.00385 e. The first-order chi connectivity index (χ1) is 5.24. The van der Waals surface area contributed by atoms with E-state index >= 15 is 0 Å². The molecule has 0 aromatic rings. The molecule has 0 bridgehead atoms. The molecule has 0 saturated carbocycles. The number of hydrogen-bond donors (Lipinski definition) is 0. The first-order valence-electron chi connectivity index (χ1n) is 4.77. The van der Waals surface area contributed by atoms with Gasteiger partial charge >= 0.3 is 0 Å². The molecule has 0 aliphatic carbocycles. The number of hydrogen-bond acceptors (Lipinski definition) is 1. The highest BCUT2D eigenvalue weighted by Crippen LogP contribution is 2.20. The molecule has 0 N–H and O–H groups in total. The third-order valence-corrected chi connectivity index (χ3v) is 2.79. The Morgan fingerprint density at radius 2 is 1.91 bits per heavy atom. The van der Waals surface area contributed by atoms with Crippen LogP contribution in [0.5, 0.6) is 0 Å². The third-order valence-electron chi connectivity index (χ3n) is 2.79. The number of likely N-dealkylation sites (tertiary alicyclic amines) is 1. The van der Waals surface area contributed by atoms with Gasteiger partial charge in [-0.05, 0) is 45.7 Å². The summed E-state index contributed by atoms with van der Waals surface area (Å²) in [6, 6.07) is 0.737. The van der Waals surface area contributed by atoms with Gasteiger partial charge in [0.05, 0.1) is 0 Å². The van der Waals surface area contributed by atoms with Crippen molar-refractivity contribution in [2.45, 2.75) is 39.2 Å². The van der Waals surface area contributed by atoms with E-state index in [2.05, 4.69) is 25.7 Å². The van der Waals surface area contributed by atoms with Crippen molar-refractivity contribution < 1.29 is 0 Å². The molecule has 1 saturated heterocycles. The molecule has 1 aliphatic rings. The lowest BCUT2D eigenvalue weighted by Gasteiger charge is -2.34. The predicted molar refractivity (Wildman–Crippen MR) is 49.4 cm³/mol. The average molecular weight is 154 g/mol. The summed E-state index contributed by atoms with van der Waals surface area (Å²) in [6.45, 7) is 11.1. The quantitative estimate of drug-likeness (QED) is 0.590. The molecule has 1 rings (SSSR count). The van der Waals surface area contributed by atoms with Gasteiger partial charge in [-0.15, -0.1) is 0 Å². The normalized spacial score (nSPS) is 22.9. The zero-order valence-corrected chi connectivity index (χ0v) is 7.84. The van der Waals surface area contributed by atoms with Crippen molar-refractivity contribution in [3.63, 3.8) is 0 Å². The van der Waals surface area contributed by atoms with E-state index < -0.39 is 0 Å². The van der Waals surface area contributed by atoms with Crippen LogP contribution in [0.1, 0.15) is 33.1 Å². The lowest BCUT2D eigenvalue weighted by Crippen LogP contribution is -2.38. The SMILES string of the molecule is [CH2]CC1CCN(C(C)C)CC1. The lowest BCUT2D eigenvalue weighted by molar-refractivity contribution is 0.150. The Kier molecular flexibility index (Phi) is 3.38. The Morgan fingerprint density at radius 3 is 2.27 bits per heavy atom. The maximum absolute atomic E-state index is 3.96. The van der Waals surface area contributed by atoms with E-state index in [4.69, 9.17) is 0 Å². The van der Waals surface area contributed by atoms with Crippen molar-refractivity contribution in [2.75, 3.05) is 13.1 Å². The smallest absolute Gasteiger partial charge is 0.00385 e. The largest absolute Gasteiger partial charge is 0.301 e. The van der Waals surface area contributed by atoms with Gasteiger partial charge < -0.3 is 4.90 Å². The molecule has 0 unspecified atom stereocenters. The molecule has 11 heavy (non-hydrogen) atoms. The Hall–Kier alpha value is -0.0400. The molecular formula is C10H20N. The van der Waals surface area contributed by atoms with E-state index in [0.717, 1.165) is 18.4 Å². The summed E-state index contributed by atoms with van der Waals surface area (Å²) in [5.74, 6) is 0.907. The Labute approximate surface area is 70.8 Å². The fourth-order valence-electron chi connectivity index (χ4n) is 1.76. The number of nitrogens with zero attached hydrogens (tertiary/aromatic N) is 1. The first kappa shape index (κ1) is 9.05. The van der Waals surface area contributed by atoms with E-state index in [1.807, 2.05) is 0 Å². The summed E-state index contributed by atoms with van der Waals surface area (Å²) in [5, 5.41) is 0. The van der Waals surface area contributed by atoms with Gasteiger partial charge in [0.2, 0.25) is 0 Å². The van der Waals surface area contributed by atoms with Crippen LogP contribution in [0, 0.1) is 12.8 Å². The van der Waals surface area contributed by atoms with Crippen molar-refractivity contribution in [1.82, 2.24) is 4.90 Å². The molecule has 1 heterocycles. The summed E-state index contributed by atoms with van der Waals surface area (Å²) in [4.78, 5) is 2.56. The van der Waals surface area contributed by atoms with Crippen LogP contribution in [0.2, 0.25) is 0 Å².